The van der Waals surface area contributed by atoms with Crippen molar-refractivity contribution >= 4 is 0 Å². The second-order valence-corrected chi connectivity index (χ2v) is 5.92. The van der Waals surface area contributed by atoms with Gasteiger partial charge in [-0.3, -0.25) is 10.00 Å². The van der Waals surface area contributed by atoms with Crippen LogP contribution in [0.15, 0.2) is 6.20 Å². The fourth-order valence-corrected chi connectivity index (χ4v) is 3.51. The van der Waals surface area contributed by atoms with Crippen LogP contribution in [-0.2, 0) is 10.3 Å². The highest BCUT2D eigenvalue weighted by atomic mass is 16.5. The Labute approximate surface area is 109 Å². The summed E-state index contributed by atoms with van der Waals surface area (Å²) in [5, 5.41) is 7.27. The van der Waals surface area contributed by atoms with Crippen LogP contribution >= 0.6 is 0 Å². The molecule has 0 radical (unpaired) electrons. The van der Waals surface area contributed by atoms with Gasteiger partial charge in [0, 0.05) is 19.1 Å². The predicted octanol–water partition coefficient (Wildman–Crippen LogP) is 2.21. The number of ether oxygens (including phenoxy) is 1. The normalized spacial score (nSPS) is 31.0. The van der Waals surface area contributed by atoms with Crippen LogP contribution in [0.5, 0.6) is 0 Å². The average Bonchev–Trinajstić information content (AvgIpc) is 2.99. The molecule has 1 saturated carbocycles. The molecular formula is C14H23N3O. The van der Waals surface area contributed by atoms with Crippen LogP contribution in [0.25, 0.3) is 0 Å². The summed E-state index contributed by atoms with van der Waals surface area (Å²) in [6.45, 7) is 7.18. The van der Waals surface area contributed by atoms with E-state index in [2.05, 4.69) is 28.9 Å². The van der Waals surface area contributed by atoms with Crippen LogP contribution < -0.4 is 0 Å². The molecule has 1 aliphatic heterocycles. The lowest BCUT2D eigenvalue weighted by atomic mass is 9.96. The van der Waals surface area contributed by atoms with Gasteiger partial charge in [0.1, 0.15) is 5.60 Å². The number of aromatic nitrogens is 2. The number of H-pyrrole nitrogens is 1. The first-order valence-electron chi connectivity index (χ1n) is 7.07. The molecule has 2 fully saturated rings. The molecule has 1 N–H and O–H groups in total. The number of rotatable bonds is 2. The first kappa shape index (κ1) is 12.2. The van der Waals surface area contributed by atoms with Gasteiger partial charge in [0.05, 0.1) is 18.5 Å². The molecule has 1 unspecified atom stereocenters. The second kappa shape index (κ2) is 4.67. The van der Waals surface area contributed by atoms with Crippen molar-refractivity contribution in [3.8, 4) is 0 Å². The standard InChI is InChI=1S/C14H23N3O/c1-11-9-15-16-13(11)14(2)10-17(7-8-18-14)12-5-3-4-6-12/h9,12H,3-8,10H2,1-2H3,(H,15,16). The minimum atomic E-state index is -0.221. The van der Waals surface area contributed by atoms with Gasteiger partial charge in [-0.05, 0) is 32.3 Å². The maximum Gasteiger partial charge on any atom is 0.119 e. The summed E-state index contributed by atoms with van der Waals surface area (Å²) >= 11 is 0. The van der Waals surface area contributed by atoms with Crippen LogP contribution in [0.4, 0.5) is 0 Å². The van der Waals surface area contributed by atoms with Crippen molar-refractivity contribution in [3.63, 3.8) is 0 Å². The Morgan fingerprint density at radius 3 is 2.89 bits per heavy atom. The van der Waals surface area contributed by atoms with Crippen molar-refractivity contribution in [2.45, 2.75) is 51.2 Å². The molecule has 0 spiro atoms. The summed E-state index contributed by atoms with van der Waals surface area (Å²) < 4.78 is 6.07. The number of hydrogen-bond acceptors (Lipinski definition) is 3. The van der Waals surface area contributed by atoms with E-state index in [9.17, 15) is 0 Å². The summed E-state index contributed by atoms with van der Waals surface area (Å²) in [6.07, 6.45) is 7.39. The van der Waals surface area contributed by atoms with E-state index in [-0.39, 0.29) is 5.60 Å². The van der Waals surface area contributed by atoms with E-state index in [1.54, 1.807) is 0 Å². The van der Waals surface area contributed by atoms with E-state index >= 15 is 0 Å². The van der Waals surface area contributed by atoms with Gasteiger partial charge in [-0.1, -0.05) is 12.8 Å². The molecule has 1 aliphatic carbocycles. The van der Waals surface area contributed by atoms with E-state index < -0.39 is 0 Å². The SMILES string of the molecule is Cc1cn[nH]c1C1(C)CN(C2CCCC2)CCO1. The molecule has 1 aromatic rings. The highest BCUT2D eigenvalue weighted by Crippen LogP contribution is 2.33. The van der Waals surface area contributed by atoms with Gasteiger partial charge >= 0.3 is 0 Å². The molecule has 4 heteroatoms. The number of nitrogens with one attached hydrogen (secondary N) is 1. The number of aryl methyl sites for hydroxylation is 1. The molecule has 1 saturated heterocycles. The minimum absolute atomic E-state index is 0.221. The summed E-state index contributed by atoms with van der Waals surface area (Å²) in [7, 11) is 0. The van der Waals surface area contributed by atoms with E-state index in [1.807, 2.05) is 6.20 Å². The molecule has 0 aromatic carbocycles. The third-order valence-electron chi connectivity index (χ3n) is 4.50. The molecule has 0 bridgehead atoms. The maximum atomic E-state index is 6.07. The number of nitrogens with zero attached hydrogens (tertiary/aromatic N) is 2. The van der Waals surface area contributed by atoms with Crippen molar-refractivity contribution in [1.29, 1.82) is 0 Å². The lowest BCUT2D eigenvalue weighted by Gasteiger charge is -2.42. The Bertz CT molecular complexity index is 411. The summed E-state index contributed by atoms with van der Waals surface area (Å²) in [6, 6.07) is 0.774. The molecule has 1 atom stereocenters. The Hall–Kier alpha value is -0.870. The molecule has 0 amide bonds. The predicted molar refractivity (Wildman–Crippen MR) is 70.5 cm³/mol. The van der Waals surface area contributed by atoms with Gasteiger partial charge in [-0.25, -0.2) is 0 Å². The molecule has 100 valence electrons. The molecule has 1 aromatic heterocycles. The van der Waals surface area contributed by atoms with Gasteiger partial charge in [0.15, 0.2) is 0 Å². The molecule has 4 nitrogen and oxygen atoms in total. The summed E-state index contributed by atoms with van der Waals surface area (Å²) in [4.78, 5) is 2.62. The highest BCUT2D eigenvalue weighted by Gasteiger charge is 2.38. The Balaban J connectivity index is 1.78. The maximum absolute atomic E-state index is 6.07. The monoisotopic (exact) mass is 249 g/mol. The zero-order chi connectivity index (χ0) is 12.6. The van der Waals surface area contributed by atoms with Gasteiger partial charge in [-0.15, -0.1) is 0 Å². The first-order valence-corrected chi connectivity index (χ1v) is 7.07. The lowest BCUT2D eigenvalue weighted by Crippen LogP contribution is -2.51. The van der Waals surface area contributed by atoms with Gasteiger partial charge < -0.3 is 4.74 Å². The van der Waals surface area contributed by atoms with E-state index in [1.165, 1.54) is 31.2 Å². The van der Waals surface area contributed by atoms with E-state index in [0.29, 0.717) is 0 Å². The van der Waals surface area contributed by atoms with E-state index in [0.717, 1.165) is 31.4 Å². The molecular weight excluding hydrogens is 226 g/mol. The summed E-state index contributed by atoms with van der Waals surface area (Å²) in [5.74, 6) is 0. The second-order valence-electron chi connectivity index (χ2n) is 5.92. The first-order chi connectivity index (χ1) is 8.69. The topological polar surface area (TPSA) is 41.2 Å². The van der Waals surface area contributed by atoms with E-state index in [4.69, 9.17) is 4.74 Å². The Kier molecular flexibility index (Phi) is 3.16. The third-order valence-corrected chi connectivity index (χ3v) is 4.50. The fourth-order valence-electron chi connectivity index (χ4n) is 3.51. The van der Waals surface area contributed by atoms with Crippen LogP contribution in [0, 0.1) is 6.92 Å². The summed E-state index contributed by atoms with van der Waals surface area (Å²) in [5.41, 5.74) is 2.12. The number of aromatic amines is 1. The largest absolute Gasteiger partial charge is 0.366 e. The zero-order valence-corrected chi connectivity index (χ0v) is 11.4. The third kappa shape index (κ3) is 2.08. The molecule has 2 aliphatic rings. The zero-order valence-electron chi connectivity index (χ0n) is 11.4. The quantitative estimate of drug-likeness (QED) is 0.873. The number of hydrogen-bond donors (Lipinski definition) is 1. The van der Waals surface area contributed by atoms with Crippen LogP contribution in [0.2, 0.25) is 0 Å². The van der Waals surface area contributed by atoms with Gasteiger partial charge in [0.2, 0.25) is 0 Å². The van der Waals surface area contributed by atoms with Crippen LogP contribution in [-0.4, -0.2) is 40.8 Å². The van der Waals surface area contributed by atoms with Gasteiger partial charge in [0.25, 0.3) is 0 Å². The molecule has 18 heavy (non-hydrogen) atoms. The molecule has 2 heterocycles. The average molecular weight is 249 g/mol. The fraction of sp³-hybridized carbons (Fsp3) is 0.786. The van der Waals surface area contributed by atoms with Crippen LogP contribution in [0.3, 0.4) is 0 Å². The highest BCUT2D eigenvalue weighted by molar-refractivity contribution is 5.22. The van der Waals surface area contributed by atoms with Crippen molar-refractivity contribution in [2.24, 2.45) is 0 Å². The lowest BCUT2D eigenvalue weighted by molar-refractivity contribution is -0.115. The van der Waals surface area contributed by atoms with Crippen molar-refractivity contribution in [3.05, 3.63) is 17.5 Å². The smallest absolute Gasteiger partial charge is 0.119 e. The van der Waals surface area contributed by atoms with Crippen molar-refractivity contribution < 1.29 is 4.74 Å². The number of morpholine rings is 1. The Morgan fingerprint density at radius 2 is 2.22 bits per heavy atom. The minimum Gasteiger partial charge on any atom is -0.366 e. The van der Waals surface area contributed by atoms with Gasteiger partial charge in [-0.2, -0.15) is 5.10 Å². The van der Waals surface area contributed by atoms with Crippen molar-refractivity contribution in [2.75, 3.05) is 19.7 Å². The van der Waals surface area contributed by atoms with Crippen LogP contribution in [0.1, 0.15) is 43.9 Å². The Morgan fingerprint density at radius 1 is 1.44 bits per heavy atom. The van der Waals surface area contributed by atoms with Crippen molar-refractivity contribution in [1.82, 2.24) is 15.1 Å². The molecule has 3 rings (SSSR count).